The lowest BCUT2D eigenvalue weighted by Crippen LogP contribution is -2.47. The van der Waals surface area contributed by atoms with Crippen LogP contribution in [0.25, 0.3) is 27.7 Å². The Hall–Kier alpha value is -5.53. The molecule has 19 heteroatoms. The van der Waals surface area contributed by atoms with Crippen molar-refractivity contribution in [1.82, 2.24) is 19.6 Å². The van der Waals surface area contributed by atoms with Gasteiger partial charge in [0.05, 0.1) is 42.8 Å². The highest BCUT2D eigenvalue weighted by Crippen LogP contribution is 2.47. The Morgan fingerprint density at radius 2 is 1.73 bits per heavy atom. The van der Waals surface area contributed by atoms with Gasteiger partial charge in [0.2, 0.25) is 0 Å². The first kappa shape index (κ1) is 52.3. The van der Waals surface area contributed by atoms with Crippen molar-refractivity contribution in [2.24, 2.45) is 11.3 Å². The monoisotopic (exact) mass is 1070 g/mol. The second-order valence-corrected chi connectivity index (χ2v) is 24.7. The molecule has 3 aliphatic rings. The van der Waals surface area contributed by atoms with Crippen LogP contribution in [0.4, 0.5) is 17.1 Å². The molecule has 6 aromatic rings. The van der Waals surface area contributed by atoms with Crippen LogP contribution in [0.15, 0.2) is 95.0 Å². The van der Waals surface area contributed by atoms with E-state index in [0.29, 0.717) is 59.5 Å². The lowest BCUT2D eigenvalue weighted by atomic mass is 9.73. The zero-order valence-corrected chi connectivity index (χ0v) is 44.7. The van der Waals surface area contributed by atoms with Crippen LogP contribution in [0, 0.1) is 21.4 Å². The minimum absolute atomic E-state index is 0.0635. The maximum Gasteiger partial charge on any atom is 0.293 e. The summed E-state index contributed by atoms with van der Waals surface area (Å²) >= 11 is 15.3. The number of H-pyrrole nitrogens is 1. The molecule has 0 bridgehead atoms. The van der Waals surface area contributed by atoms with Crippen molar-refractivity contribution in [3.05, 3.63) is 126 Å². The summed E-state index contributed by atoms with van der Waals surface area (Å²) in [6, 6.07) is 17.9. The molecule has 1 amide bonds. The van der Waals surface area contributed by atoms with Crippen LogP contribution in [0.5, 0.6) is 11.5 Å². The molecule has 0 unspecified atom stereocenters. The van der Waals surface area contributed by atoms with E-state index in [-0.39, 0.29) is 28.3 Å². The Morgan fingerprint density at radius 1 is 1.00 bits per heavy atom. The molecule has 15 nitrogen and oxygen atoms in total. The van der Waals surface area contributed by atoms with E-state index in [1.54, 1.807) is 68.6 Å². The molecule has 386 valence electrons. The lowest BCUT2D eigenvalue weighted by molar-refractivity contribution is -0.384. The molecule has 3 aromatic carbocycles. The van der Waals surface area contributed by atoms with Gasteiger partial charge in [-0.25, -0.2) is 18.1 Å². The van der Waals surface area contributed by atoms with Gasteiger partial charge in [-0.1, -0.05) is 42.6 Å². The van der Waals surface area contributed by atoms with Crippen molar-refractivity contribution in [3.8, 4) is 22.6 Å². The first-order chi connectivity index (χ1) is 34.5. The van der Waals surface area contributed by atoms with E-state index >= 15 is 0 Å². The molecule has 2 fully saturated rings. The number of carbonyl (C=O) groups excluding carboxylic acids is 1. The first-order valence-corrected chi connectivity index (χ1v) is 27.7. The van der Waals surface area contributed by atoms with Gasteiger partial charge >= 0.3 is 0 Å². The third-order valence-electron chi connectivity index (χ3n) is 14.6. The Labute approximate surface area is 439 Å². The zero-order chi connectivity index (χ0) is 52.0. The van der Waals surface area contributed by atoms with Gasteiger partial charge in [0.15, 0.2) is 0 Å². The number of aliphatic hydroxyl groups is 2. The maximum atomic E-state index is 14.1. The number of piperazine rings is 1. The number of thiophene rings is 1. The second-order valence-electron chi connectivity index (χ2n) is 21.3. The van der Waals surface area contributed by atoms with Crippen molar-refractivity contribution in [3.63, 3.8) is 0 Å². The molecule has 73 heavy (non-hydrogen) atoms. The highest BCUT2D eigenvalue weighted by atomic mass is 35.5. The average Bonchev–Trinajstić information content (AvgIpc) is 4.01. The minimum atomic E-state index is -4.61. The molecular formula is C54H61Cl2N7O8S2. The molecule has 9 rings (SSSR count). The number of fused-ring (bicyclic) bond motifs is 1. The number of allylic oxidation sites excluding steroid dienone is 1. The number of benzene rings is 3. The molecule has 5 N–H and O–H groups in total. The fraction of sp³-hybridized carbons (Fsp3) is 0.407. The number of anilines is 2. The Morgan fingerprint density at radius 3 is 2.42 bits per heavy atom. The van der Waals surface area contributed by atoms with Gasteiger partial charge in [-0.3, -0.25) is 19.8 Å². The number of hydrogen-bond donors (Lipinski definition) is 5. The summed E-state index contributed by atoms with van der Waals surface area (Å²) in [4.78, 5) is 38.5. The summed E-state index contributed by atoms with van der Waals surface area (Å²) in [6.45, 7) is 14.0. The summed E-state index contributed by atoms with van der Waals surface area (Å²) in [5, 5.41) is 40.1. The van der Waals surface area contributed by atoms with Crippen molar-refractivity contribution in [1.29, 1.82) is 0 Å². The molecular weight excluding hydrogens is 1010 g/mol. The van der Waals surface area contributed by atoms with Crippen LogP contribution in [0.1, 0.15) is 100 Å². The van der Waals surface area contributed by atoms with E-state index in [0.717, 1.165) is 80.0 Å². The highest BCUT2D eigenvalue weighted by molar-refractivity contribution is 7.90. The van der Waals surface area contributed by atoms with Crippen LogP contribution in [-0.2, 0) is 15.6 Å². The fourth-order valence-corrected chi connectivity index (χ4v) is 12.8. The Kier molecular flexibility index (Phi) is 14.8. The molecule has 0 atom stereocenters. The van der Waals surface area contributed by atoms with E-state index < -0.39 is 42.6 Å². The smallest absolute Gasteiger partial charge is 0.293 e. The Balaban J connectivity index is 0.917. The molecule has 1 saturated carbocycles. The van der Waals surface area contributed by atoms with E-state index in [1.807, 2.05) is 6.07 Å². The fourth-order valence-electron chi connectivity index (χ4n) is 10.1. The number of ether oxygens (including phenoxy) is 1. The Bertz CT molecular complexity index is 3190. The maximum absolute atomic E-state index is 14.1. The normalized spacial score (nSPS) is 19.8. The summed E-state index contributed by atoms with van der Waals surface area (Å²) in [7, 11) is -4.61. The van der Waals surface area contributed by atoms with Crippen molar-refractivity contribution in [2.75, 3.05) is 49.5 Å². The predicted octanol–water partition coefficient (Wildman–Crippen LogP) is 11.8. The van der Waals surface area contributed by atoms with Crippen molar-refractivity contribution in [2.45, 2.75) is 95.7 Å². The summed E-state index contributed by atoms with van der Waals surface area (Å²) in [6.07, 6.45) is 9.01. The summed E-state index contributed by atoms with van der Waals surface area (Å²) < 4.78 is 36.1. The highest BCUT2D eigenvalue weighted by Gasteiger charge is 2.33. The number of sulfonamides is 1. The number of amides is 1. The largest absolute Gasteiger partial charge is 0.455 e. The summed E-state index contributed by atoms with van der Waals surface area (Å²) in [5.74, 6) is -0.359. The van der Waals surface area contributed by atoms with Gasteiger partial charge in [-0.2, -0.15) is 0 Å². The van der Waals surface area contributed by atoms with Crippen LogP contribution < -0.4 is 19.7 Å². The summed E-state index contributed by atoms with van der Waals surface area (Å²) in [5.41, 5.74) is 4.52. The number of aromatic amines is 1. The number of hydrogen-bond acceptors (Lipinski definition) is 13. The zero-order valence-electron chi connectivity index (χ0n) is 41.6. The molecule has 1 saturated heterocycles. The quantitative estimate of drug-likeness (QED) is 0.0482. The SMILES string of the molecule is CC1(C)CCC(CN2CCN(c3ccc(C(=O)NS(=O)(=O)c4ccc(NCC5CCC(C)(O)CC5)c([N+](=O)[O-])c4)c(Oc4cnc5[nH]ccc5c4)c3)CC2)=C(c2cc(-c3c(Cl)cc(C(C)(C)O)cc3Cl)cs2)C1. The van der Waals surface area contributed by atoms with Gasteiger partial charge in [-0.05, 0) is 154 Å². The van der Waals surface area contributed by atoms with E-state index in [1.165, 1.54) is 40.4 Å². The number of aromatic nitrogens is 2. The number of nitro groups is 1. The molecule has 0 radical (unpaired) electrons. The third-order valence-corrected chi connectivity index (χ3v) is 17.5. The van der Waals surface area contributed by atoms with Gasteiger partial charge < -0.3 is 30.2 Å². The van der Waals surface area contributed by atoms with E-state index in [4.69, 9.17) is 27.9 Å². The van der Waals surface area contributed by atoms with Crippen LogP contribution in [-0.4, -0.2) is 89.2 Å². The minimum Gasteiger partial charge on any atom is -0.455 e. The van der Waals surface area contributed by atoms with Crippen molar-refractivity contribution < 1.29 is 33.1 Å². The van der Waals surface area contributed by atoms with E-state index in [2.05, 4.69) is 55.1 Å². The topological polar surface area (TPSA) is 203 Å². The first-order valence-electron chi connectivity index (χ1n) is 24.6. The van der Waals surface area contributed by atoms with Gasteiger partial charge in [0.1, 0.15) is 22.8 Å². The van der Waals surface area contributed by atoms with Gasteiger partial charge in [0.25, 0.3) is 21.6 Å². The standard InChI is InChI=1S/C54H61Cl2N7O8S2/c1-52(2)14-12-35(42(28-52)48-23-36(32-72-48)49-43(55)24-37(25-44(49)56)53(3,4)65)31-61-18-20-62(21-19-61)38-6-8-41(47(26-38)71-39-22-34-13-17-57-50(34)59-30-39)51(64)60-73(69,70)40-7-9-45(46(27-40)63(67)68)58-29-33-10-15-54(5,66)16-11-33/h6-9,13,17,22-27,30,32-33,58,65-66H,10-12,14-16,18-21,28-29,31H2,1-5H3,(H,57,59)(H,60,64). The number of carbonyl (C=O) groups is 1. The molecule has 4 heterocycles. The number of rotatable bonds is 15. The van der Waals surface area contributed by atoms with Gasteiger partial charge in [-0.15, -0.1) is 11.3 Å². The predicted molar refractivity (Wildman–Crippen MR) is 290 cm³/mol. The van der Waals surface area contributed by atoms with E-state index in [9.17, 15) is 33.5 Å². The molecule has 1 aliphatic heterocycles. The third kappa shape index (κ3) is 12.0. The number of halogens is 2. The lowest BCUT2D eigenvalue weighted by Gasteiger charge is -2.39. The second kappa shape index (κ2) is 20.6. The van der Waals surface area contributed by atoms with Crippen LogP contribution >= 0.6 is 34.5 Å². The molecule has 3 aromatic heterocycles. The number of pyridine rings is 1. The molecule has 0 spiro atoms. The molecule has 2 aliphatic carbocycles. The van der Waals surface area contributed by atoms with Crippen molar-refractivity contribution >= 4 is 84.1 Å². The number of nitrogens with zero attached hydrogens (tertiary/aromatic N) is 4. The van der Waals surface area contributed by atoms with Gasteiger partial charge in [0, 0.05) is 79.1 Å². The van der Waals surface area contributed by atoms with Crippen LogP contribution in [0.2, 0.25) is 10.0 Å². The van der Waals surface area contributed by atoms with Crippen LogP contribution in [0.3, 0.4) is 0 Å². The number of nitro benzene ring substituents is 1. The average molecular weight is 1070 g/mol. The number of nitrogens with one attached hydrogen (secondary N) is 3.